The van der Waals surface area contributed by atoms with Gasteiger partial charge in [-0.3, -0.25) is 9.78 Å². The molecule has 1 fully saturated rings. The highest BCUT2D eigenvalue weighted by Gasteiger charge is 2.23. The van der Waals surface area contributed by atoms with Crippen molar-refractivity contribution >= 4 is 28.1 Å². The molecule has 1 saturated heterocycles. The highest BCUT2D eigenvalue weighted by atomic mass is 16.5. The van der Waals surface area contributed by atoms with Gasteiger partial charge in [0, 0.05) is 54.7 Å². The lowest BCUT2D eigenvalue weighted by Crippen LogP contribution is -2.45. The van der Waals surface area contributed by atoms with E-state index in [9.17, 15) is 4.79 Å². The first-order chi connectivity index (χ1) is 17.5. The largest absolute Gasteiger partial charge is 0.495 e. The number of hydrogen-bond acceptors (Lipinski definition) is 6. The zero-order valence-corrected chi connectivity index (χ0v) is 21.1. The third-order valence-corrected chi connectivity index (χ3v) is 6.74. The molecule has 7 heteroatoms. The minimum absolute atomic E-state index is 0.0763. The Morgan fingerprint density at radius 3 is 2.50 bits per heavy atom. The number of pyridine rings is 1. The molecule has 36 heavy (non-hydrogen) atoms. The number of hydrogen-bond donors (Lipinski definition) is 2. The van der Waals surface area contributed by atoms with Gasteiger partial charge in [0.25, 0.3) is 0 Å². The number of nitrogens with zero attached hydrogens (tertiary/aromatic N) is 2. The normalized spacial score (nSPS) is 21.6. The molecule has 5 rings (SSSR count). The number of carbonyl (C=O) groups is 1. The van der Waals surface area contributed by atoms with Gasteiger partial charge in [-0.25, -0.2) is 0 Å². The number of benzene rings is 2. The number of anilines is 1. The van der Waals surface area contributed by atoms with Gasteiger partial charge in [0.05, 0.1) is 24.8 Å². The second-order valence-electron chi connectivity index (χ2n) is 9.33. The van der Waals surface area contributed by atoms with Crippen LogP contribution in [0.15, 0.2) is 67.0 Å². The van der Waals surface area contributed by atoms with Crippen LogP contribution in [-0.4, -0.2) is 56.4 Å². The molecule has 2 aromatic carbocycles. The third kappa shape index (κ3) is 4.54. The van der Waals surface area contributed by atoms with E-state index in [0.29, 0.717) is 0 Å². The standard InChI is InChI=1S/C29H32N4O3/c1-18-16-33(17-19(2)36-18)22-11-8-20(9-12-22)25-15-32-27-23(6-5-7-24(27)28(25)35-4)21-10-13-26(31-14-21)29(34)30-3/h5-15,18-19,26,31H,16-17H2,1-4H3,(H,30,34)/t18-,19?,26?/m1/s1. The van der Waals surface area contributed by atoms with E-state index in [2.05, 4.69) is 53.6 Å². The number of fused-ring (bicyclic) bond motifs is 1. The Kier molecular flexibility index (Phi) is 6.65. The number of ether oxygens (including phenoxy) is 2. The van der Waals surface area contributed by atoms with Crippen LogP contribution in [-0.2, 0) is 9.53 Å². The number of likely N-dealkylation sites (N-methyl/N-ethyl adjacent to an activating group) is 1. The van der Waals surface area contributed by atoms with E-state index in [-0.39, 0.29) is 24.2 Å². The molecular weight excluding hydrogens is 452 g/mol. The second-order valence-corrected chi connectivity index (χ2v) is 9.33. The van der Waals surface area contributed by atoms with E-state index >= 15 is 0 Å². The summed E-state index contributed by atoms with van der Waals surface area (Å²) in [6, 6.07) is 14.3. The summed E-state index contributed by atoms with van der Waals surface area (Å²) in [5, 5.41) is 6.76. The monoisotopic (exact) mass is 484 g/mol. The number of methoxy groups -OCH3 is 1. The third-order valence-electron chi connectivity index (χ3n) is 6.74. The van der Waals surface area contributed by atoms with Crippen LogP contribution < -0.4 is 20.3 Å². The van der Waals surface area contributed by atoms with Crippen LogP contribution in [0.2, 0.25) is 0 Å². The first-order valence-electron chi connectivity index (χ1n) is 12.3. The maximum Gasteiger partial charge on any atom is 0.246 e. The van der Waals surface area contributed by atoms with Gasteiger partial charge in [0.1, 0.15) is 11.8 Å². The van der Waals surface area contributed by atoms with Crippen LogP contribution in [0.4, 0.5) is 5.69 Å². The molecule has 7 nitrogen and oxygen atoms in total. The molecule has 2 aliphatic rings. The van der Waals surface area contributed by atoms with Crippen molar-refractivity contribution in [3.63, 3.8) is 0 Å². The van der Waals surface area contributed by atoms with Crippen molar-refractivity contribution < 1.29 is 14.3 Å². The SMILES string of the molecule is CNC(=O)C1C=CC(c2cccc3c(OC)c(-c4ccc(N5CC(C)O[C@H](C)C5)cc4)cnc23)=CN1. The lowest BCUT2D eigenvalue weighted by molar-refractivity contribution is -0.121. The van der Waals surface area contributed by atoms with Crippen molar-refractivity contribution in [2.24, 2.45) is 0 Å². The van der Waals surface area contributed by atoms with Gasteiger partial charge >= 0.3 is 0 Å². The van der Waals surface area contributed by atoms with Crippen LogP contribution in [0.25, 0.3) is 27.6 Å². The molecule has 3 heterocycles. The maximum absolute atomic E-state index is 11.9. The van der Waals surface area contributed by atoms with E-state index in [1.54, 1.807) is 14.2 Å². The molecule has 3 aromatic rings. The first kappa shape index (κ1) is 23.9. The average Bonchev–Trinajstić information content (AvgIpc) is 2.91. The van der Waals surface area contributed by atoms with Gasteiger partial charge in [-0.1, -0.05) is 36.4 Å². The molecule has 0 saturated carbocycles. The molecule has 0 spiro atoms. The van der Waals surface area contributed by atoms with Crippen molar-refractivity contribution in [1.82, 2.24) is 15.6 Å². The summed E-state index contributed by atoms with van der Waals surface area (Å²) >= 11 is 0. The van der Waals surface area contributed by atoms with E-state index < -0.39 is 0 Å². The molecule has 1 aromatic heterocycles. The highest BCUT2D eigenvalue weighted by Crippen LogP contribution is 2.38. The lowest BCUT2D eigenvalue weighted by Gasteiger charge is -2.36. The van der Waals surface area contributed by atoms with Gasteiger partial charge < -0.3 is 25.0 Å². The summed E-state index contributed by atoms with van der Waals surface area (Å²) in [7, 11) is 3.33. The van der Waals surface area contributed by atoms with Crippen molar-refractivity contribution in [3.8, 4) is 16.9 Å². The first-order valence-corrected chi connectivity index (χ1v) is 12.3. The van der Waals surface area contributed by atoms with Gasteiger partial charge in [-0.15, -0.1) is 0 Å². The number of dihydropyridines is 1. The van der Waals surface area contributed by atoms with Gasteiger partial charge in [0.2, 0.25) is 5.91 Å². The Balaban J connectivity index is 1.47. The smallest absolute Gasteiger partial charge is 0.246 e. The van der Waals surface area contributed by atoms with Crippen LogP contribution in [0, 0.1) is 0 Å². The van der Waals surface area contributed by atoms with Gasteiger partial charge in [-0.2, -0.15) is 0 Å². The lowest BCUT2D eigenvalue weighted by atomic mass is 9.97. The van der Waals surface area contributed by atoms with Gasteiger partial charge in [-0.05, 0) is 43.2 Å². The number of amides is 1. The van der Waals surface area contributed by atoms with Crippen LogP contribution >= 0.6 is 0 Å². The molecule has 1 amide bonds. The quantitative estimate of drug-likeness (QED) is 0.567. The summed E-state index contributed by atoms with van der Waals surface area (Å²) in [6.45, 7) is 6.01. The second kappa shape index (κ2) is 10.0. The Morgan fingerprint density at radius 2 is 1.86 bits per heavy atom. The predicted molar refractivity (Wildman–Crippen MR) is 144 cm³/mol. The van der Waals surface area contributed by atoms with Crippen molar-refractivity contribution in [2.45, 2.75) is 32.1 Å². The predicted octanol–water partition coefficient (Wildman–Crippen LogP) is 4.14. The average molecular weight is 485 g/mol. The summed E-state index contributed by atoms with van der Waals surface area (Å²) in [4.78, 5) is 19.2. The summed E-state index contributed by atoms with van der Waals surface area (Å²) in [5.41, 5.74) is 5.97. The number of aromatic nitrogens is 1. The molecule has 3 atom stereocenters. The summed E-state index contributed by atoms with van der Waals surface area (Å²) < 4.78 is 11.8. The van der Waals surface area contributed by atoms with Crippen LogP contribution in [0.3, 0.4) is 0 Å². The summed E-state index contributed by atoms with van der Waals surface area (Å²) in [5.74, 6) is 0.715. The molecule has 2 unspecified atom stereocenters. The van der Waals surface area contributed by atoms with E-state index in [1.165, 1.54) is 5.69 Å². The molecule has 0 bridgehead atoms. The Labute approximate surface area is 211 Å². The zero-order chi connectivity index (χ0) is 25.2. The van der Waals surface area contributed by atoms with Crippen molar-refractivity contribution in [3.05, 3.63) is 72.6 Å². The van der Waals surface area contributed by atoms with Crippen molar-refractivity contribution in [1.29, 1.82) is 0 Å². The van der Waals surface area contributed by atoms with Gasteiger partial charge in [0.15, 0.2) is 0 Å². The number of rotatable bonds is 5. The number of para-hydroxylation sites is 1. The fourth-order valence-electron chi connectivity index (χ4n) is 5.07. The molecule has 2 aliphatic heterocycles. The number of carbonyl (C=O) groups excluding carboxylic acids is 1. The molecule has 0 radical (unpaired) electrons. The number of morpholine rings is 1. The zero-order valence-electron chi connectivity index (χ0n) is 21.1. The van der Waals surface area contributed by atoms with E-state index in [0.717, 1.165) is 52.0 Å². The van der Waals surface area contributed by atoms with Crippen molar-refractivity contribution in [2.75, 3.05) is 32.1 Å². The highest BCUT2D eigenvalue weighted by molar-refractivity contribution is 6.00. The summed E-state index contributed by atoms with van der Waals surface area (Å²) in [6.07, 6.45) is 7.99. The Bertz CT molecular complexity index is 1320. The molecule has 2 N–H and O–H groups in total. The topological polar surface area (TPSA) is 75.7 Å². The molecular formula is C29H32N4O3. The maximum atomic E-state index is 11.9. The van der Waals surface area contributed by atoms with E-state index in [1.807, 2.05) is 42.7 Å². The van der Waals surface area contributed by atoms with Crippen LogP contribution in [0.5, 0.6) is 5.75 Å². The molecule has 186 valence electrons. The van der Waals surface area contributed by atoms with E-state index in [4.69, 9.17) is 14.5 Å². The minimum atomic E-state index is -0.380. The van der Waals surface area contributed by atoms with Crippen LogP contribution in [0.1, 0.15) is 19.4 Å². The number of nitrogens with one attached hydrogen (secondary N) is 2. The fourth-order valence-corrected chi connectivity index (χ4v) is 5.07. The molecule has 0 aliphatic carbocycles. The fraction of sp³-hybridized carbons (Fsp3) is 0.310. The minimum Gasteiger partial charge on any atom is -0.495 e. The Morgan fingerprint density at radius 1 is 1.11 bits per heavy atom. The number of allylic oxidation sites excluding steroid dienone is 2. The Hall–Kier alpha value is -3.84.